The van der Waals surface area contributed by atoms with Gasteiger partial charge in [-0.2, -0.15) is 13.2 Å². The lowest BCUT2D eigenvalue weighted by Crippen LogP contribution is -2.18. The van der Waals surface area contributed by atoms with Crippen LogP contribution >= 0.6 is 0 Å². The maximum Gasteiger partial charge on any atom is 0.435 e. The Morgan fingerprint density at radius 1 is 1.41 bits per heavy atom. The van der Waals surface area contributed by atoms with E-state index in [0.717, 1.165) is 0 Å². The fourth-order valence-corrected chi connectivity index (χ4v) is 1.67. The minimum Gasteiger partial charge on any atom is -0.478 e. The van der Waals surface area contributed by atoms with Gasteiger partial charge < -0.3 is 15.6 Å². The van der Waals surface area contributed by atoms with Gasteiger partial charge in [0.15, 0.2) is 5.69 Å². The van der Waals surface area contributed by atoms with Crippen molar-refractivity contribution in [3.05, 3.63) is 22.5 Å². The van der Waals surface area contributed by atoms with Crippen molar-refractivity contribution in [3.63, 3.8) is 0 Å². The van der Waals surface area contributed by atoms with Gasteiger partial charge in [-0.15, -0.1) is 0 Å². The van der Waals surface area contributed by atoms with Gasteiger partial charge in [0.1, 0.15) is 0 Å². The van der Waals surface area contributed by atoms with Gasteiger partial charge in [0, 0.05) is 5.56 Å². The minimum atomic E-state index is -4.79. The van der Waals surface area contributed by atoms with Crippen molar-refractivity contribution in [2.24, 2.45) is 0 Å². The third-order valence-corrected chi connectivity index (χ3v) is 2.39. The number of aromatic carboxylic acids is 1. The van der Waals surface area contributed by atoms with Crippen LogP contribution in [0.15, 0.2) is 0 Å². The molecule has 1 aliphatic heterocycles. The molecule has 1 aliphatic rings. The predicted octanol–water partition coefficient (Wildman–Crippen LogP) is 1.41. The highest BCUT2D eigenvalue weighted by molar-refractivity contribution is 5.96. The van der Waals surface area contributed by atoms with Crippen LogP contribution < -0.4 is 5.73 Å². The topological polar surface area (TPSA) is 85.4 Å². The van der Waals surface area contributed by atoms with Crippen LogP contribution in [0.5, 0.6) is 0 Å². The van der Waals surface area contributed by atoms with Crippen LogP contribution in [0, 0.1) is 0 Å². The summed E-state index contributed by atoms with van der Waals surface area (Å²) in [6.45, 7) is -0.231. The molecule has 5 nitrogen and oxygen atoms in total. The lowest BCUT2D eigenvalue weighted by atomic mass is 10.0. The number of fused-ring (bicyclic) bond motifs is 1. The molecule has 0 saturated heterocycles. The minimum absolute atomic E-state index is 0.0241. The number of nitrogens with zero attached hydrogens (tertiary/aromatic N) is 1. The zero-order chi connectivity index (χ0) is 12.8. The molecule has 0 unspecified atom stereocenters. The van der Waals surface area contributed by atoms with Crippen molar-refractivity contribution in [1.82, 2.24) is 4.98 Å². The van der Waals surface area contributed by atoms with Crippen molar-refractivity contribution in [3.8, 4) is 0 Å². The Morgan fingerprint density at radius 2 is 2.06 bits per heavy atom. The summed E-state index contributed by atoms with van der Waals surface area (Å²) in [6, 6.07) is 0. The second-order valence-electron chi connectivity index (χ2n) is 3.47. The number of nitrogens with two attached hydrogens (primary N) is 1. The maximum absolute atomic E-state index is 12.6. The van der Waals surface area contributed by atoms with Crippen molar-refractivity contribution >= 4 is 11.7 Å². The molecule has 0 aromatic carbocycles. The van der Waals surface area contributed by atoms with Gasteiger partial charge in [-0.05, 0) is 0 Å². The predicted molar refractivity (Wildman–Crippen MR) is 49.1 cm³/mol. The molecule has 0 spiro atoms. The van der Waals surface area contributed by atoms with E-state index >= 15 is 0 Å². The highest BCUT2D eigenvalue weighted by Gasteiger charge is 2.39. The fraction of sp³-hybridized carbons (Fsp3) is 0.333. The quantitative estimate of drug-likeness (QED) is 0.784. The largest absolute Gasteiger partial charge is 0.478 e. The van der Waals surface area contributed by atoms with Gasteiger partial charge in [0.25, 0.3) is 0 Å². The smallest absolute Gasteiger partial charge is 0.435 e. The Balaban J connectivity index is 2.74. The Kier molecular flexibility index (Phi) is 2.46. The third kappa shape index (κ3) is 1.80. The van der Waals surface area contributed by atoms with E-state index < -0.39 is 29.1 Å². The van der Waals surface area contributed by atoms with Crippen molar-refractivity contribution in [1.29, 1.82) is 0 Å². The van der Waals surface area contributed by atoms with Gasteiger partial charge in [0.2, 0.25) is 0 Å². The number of anilines is 1. The Hall–Kier alpha value is -1.83. The summed E-state index contributed by atoms with van der Waals surface area (Å²) >= 11 is 0. The van der Waals surface area contributed by atoms with Gasteiger partial charge >= 0.3 is 12.1 Å². The number of rotatable bonds is 1. The first-order valence-electron chi connectivity index (χ1n) is 4.52. The standard InChI is InChI=1S/C9H7F3N2O3/c10-9(11,12)7-6(13)5(8(15)16)3-1-17-2-4(3)14-7/h1-2,13H2,(H,15,16). The van der Waals surface area contributed by atoms with Crippen LogP contribution in [0.1, 0.15) is 27.3 Å². The summed E-state index contributed by atoms with van der Waals surface area (Å²) in [7, 11) is 0. The summed E-state index contributed by atoms with van der Waals surface area (Å²) in [5, 5.41) is 8.89. The molecule has 8 heteroatoms. The van der Waals surface area contributed by atoms with Crippen molar-refractivity contribution in [2.75, 3.05) is 5.73 Å². The van der Waals surface area contributed by atoms with E-state index in [9.17, 15) is 18.0 Å². The number of pyridine rings is 1. The maximum atomic E-state index is 12.6. The molecule has 0 bridgehead atoms. The molecule has 3 N–H and O–H groups in total. The molecule has 0 aliphatic carbocycles. The average molecular weight is 248 g/mol. The molecule has 0 saturated carbocycles. The number of carboxylic acid groups (broad SMARTS) is 1. The second kappa shape index (κ2) is 3.59. The molecule has 2 heterocycles. The van der Waals surface area contributed by atoms with E-state index in [2.05, 4.69) is 4.98 Å². The normalized spacial score (nSPS) is 14.8. The van der Waals surface area contributed by atoms with Crippen molar-refractivity contribution in [2.45, 2.75) is 19.4 Å². The molecular formula is C9H7F3N2O3. The van der Waals surface area contributed by atoms with E-state index in [-0.39, 0.29) is 24.5 Å². The number of hydrogen-bond acceptors (Lipinski definition) is 4. The Morgan fingerprint density at radius 3 is 2.59 bits per heavy atom. The monoisotopic (exact) mass is 248 g/mol. The molecule has 2 rings (SSSR count). The number of halogens is 3. The third-order valence-electron chi connectivity index (χ3n) is 2.39. The Bertz CT molecular complexity index is 499. The second-order valence-corrected chi connectivity index (χ2v) is 3.47. The van der Waals surface area contributed by atoms with E-state index in [1.807, 2.05) is 0 Å². The van der Waals surface area contributed by atoms with Crippen molar-refractivity contribution < 1.29 is 27.8 Å². The molecule has 92 valence electrons. The molecule has 0 amide bonds. The van der Waals surface area contributed by atoms with Crippen LogP contribution in [0.4, 0.5) is 18.9 Å². The average Bonchev–Trinajstić information content (AvgIpc) is 2.61. The molecule has 0 radical (unpaired) electrons. The summed E-state index contributed by atoms with van der Waals surface area (Å²) < 4.78 is 42.6. The number of nitrogen functional groups attached to an aromatic ring is 1. The van der Waals surface area contributed by atoms with Gasteiger partial charge in [-0.3, -0.25) is 0 Å². The van der Waals surface area contributed by atoms with E-state index in [1.54, 1.807) is 0 Å². The lowest BCUT2D eigenvalue weighted by Gasteiger charge is -2.13. The Labute approximate surface area is 93.0 Å². The first-order chi connectivity index (χ1) is 7.82. The lowest BCUT2D eigenvalue weighted by molar-refractivity contribution is -0.140. The van der Waals surface area contributed by atoms with Gasteiger partial charge in [-0.25, -0.2) is 9.78 Å². The summed E-state index contributed by atoms with van der Waals surface area (Å²) in [4.78, 5) is 14.3. The van der Waals surface area contributed by atoms with E-state index in [4.69, 9.17) is 15.6 Å². The zero-order valence-corrected chi connectivity index (χ0v) is 8.34. The van der Waals surface area contributed by atoms with Gasteiger partial charge in [0.05, 0.1) is 30.2 Å². The molecular weight excluding hydrogens is 241 g/mol. The highest BCUT2D eigenvalue weighted by Crippen LogP contribution is 2.37. The highest BCUT2D eigenvalue weighted by atomic mass is 19.4. The summed E-state index contributed by atoms with van der Waals surface area (Å²) in [5.74, 6) is -1.52. The fourth-order valence-electron chi connectivity index (χ4n) is 1.67. The van der Waals surface area contributed by atoms with Crippen LogP contribution in [-0.2, 0) is 24.1 Å². The van der Waals surface area contributed by atoms with E-state index in [1.165, 1.54) is 0 Å². The first-order valence-corrected chi connectivity index (χ1v) is 4.52. The van der Waals surface area contributed by atoms with Gasteiger partial charge in [-0.1, -0.05) is 0 Å². The zero-order valence-electron chi connectivity index (χ0n) is 8.34. The number of aromatic nitrogens is 1. The molecule has 0 atom stereocenters. The molecule has 17 heavy (non-hydrogen) atoms. The number of carboxylic acids is 1. The van der Waals surface area contributed by atoms with Crippen LogP contribution in [0.3, 0.4) is 0 Å². The van der Waals surface area contributed by atoms with Crippen LogP contribution in [-0.4, -0.2) is 16.1 Å². The summed E-state index contributed by atoms with van der Waals surface area (Å²) in [6.07, 6.45) is -4.79. The number of alkyl halides is 3. The summed E-state index contributed by atoms with van der Waals surface area (Å²) in [5.41, 5.74) is 2.50. The van der Waals surface area contributed by atoms with Crippen LogP contribution in [0.25, 0.3) is 0 Å². The number of hydrogen-bond donors (Lipinski definition) is 2. The number of carbonyl (C=O) groups is 1. The van der Waals surface area contributed by atoms with Crippen LogP contribution in [0.2, 0.25) is 0 Å². The first kappa shape index (κ1) is 11.6. The molecule has 1 aromatic rings. The van der Waals surface area contributed by atoms with E-state index in [0.29, 0.717) is 0 Å². The molecule has 0 fully saturated rings. The molecule has 1 aromatic heterocycles. The number of ether oxygens (including phenoxy) is 1. The SMILES string of the molecule is Nc1c(C(F)(F)F)nc2c(c1C(=O)O)COC2.